The first kappa shape index (κ1) is 22.1. The van der Waals surface area contributed by atoms with Crippen molar-refractivity contribution in [2.45, 2.75) is 39.5 Å². The van der Waals surface area contributed by atoms with E-state index in [4.69, 9.17) is 4.74 Å². The van der Waals surface area contributed by atoms with Crippen LogP contribution in [0.2, 0.25) is 0 Å². The molecule has 0 aliphatic heterocycles. The van der Waals surface area contributed by atoms with Gasteiger partial charge in [-0.1, -0.05) is 50.6 Å². The van der Waals surface area contributed by atoms with Gasteiger partial charge in [-0.3, -0.25) is 9.78 Å². The maximum absolute atomic E-state index is 12.6. The smallest absolute Gasteiger partial charge is 0.251 e. The van der Waals surface area contributed by atoms with E-state index in [9.17, 15) is 4.79 Å². The molecule has 0 bridgehead atoms. The minimum atomic E-state index is 0.00542. The zero-order valence-corrected chi connectivity index (χ0v) is 19.0. The quantitative estimate of drug-likeness (QED) is 0.484. The van der Waals surface area contributed by atoms with Crippen molar-refractivity contribution in [1.82, 2.24) is 10.3 Å². The van der Waals surface area contributed by atoms with Crippen molar-refractivity contribution in [2.24, 2.45) is 11.3 Å². The number of nitrogens with zero attached hydrogens (tertiary/aromatic N) is 1. The summed E-state index contributed by atoms with van der Waals surface area (Å²) < 4.78 is 5.93. The fourth-order valence-corrected chi connectivity index (χ4v) is 4.49. The van der Waals surface area contributed by atoms with Crippen LogP contribution >= 0.6 is 0 Å². The van der Waals surface area contributed by atoms with E-state index in [-0.39, 0.29) is 5.91 Å². The van der Waals surface area contributed by atoms with Gasteiger partial charge in [-0.2, -0.15) is 0 Å². The Morgan fingerprint density at radius 1 is 1.06 bits per heavy atom. The van der Waals surface area contributed by atoms with Gasteiger partial charge < -0.3 is 10.1 Å². The monoisotopic (exact) mass is 428 g/mol. The lowest BCUT2D eigenvalue weighted by Crippen LogP contribution is -2.33. The molecule has 4 rings (SSSR count). The second-order valence-corrected chi connectivity index (χ2v) is 9.31. The molecule has 1 aromatic heterocycles. The normalized spacial score (nSPS) is 17.1. The number of rotatable bonds is 8. The van der Waals surface area contributed by atoms with E-state index in [1.165, 1.54) is 19.3 Å². The van der Waals surface area contributed by atoms with E-state index in [2.05, 4.69) is 30.2 Å². The first-order valence-corrected chi connectivity index (χ1v) is 11.5. The molecule has 0 radical (unpaired) electrons. The van der Waals surface area contributed by atoms with Crippen LogP contribution in [0, 0.1) is 11.3 Å². The maximum Gasteiger partial charge on any atom is 0.251 e. The van der Waals surface area contributed by atoms with Crippen molar-refractivity contribution in [3.05, 3.63) is 84.2 Å². The molecule has 0 saturated heterocycles. The number of hydrogen-bond donors (Lipinski definition) is 1. The van der Waals surface area contributed by atoms with Crippen LogP contribution in [0.1, 0.15) is 49.2 Å². The first-order chi connectivity index (χ1) is 15.5. The third-order valence-corrected chi connectivity index (χ3v) is 6.66. The number of benzene rings is 2. The molecule has 3 aromatic rings. The Labute approximate surface area is 191 Å². The van der Waals surface area contributed by atoms with Crippen molar-refractivity contribution in [3.63, 3.8) is 0 Å². The fourth-order valence-electron chi connectivity index (χ4n) is 4.49. The molecule has 1 saturated carbocycles. The van der Waals surface area contributed by atoms with E-state index in [0.717, 1.165) is 35.5 Å². The standard InChI is InChI=1S/C28H32N2O2/c1-28(2)16-6-8-24(28)20-30-27(31)22-13-11-21(12-14-22)23-7-5-10-26(19-23)32-18-15-25-9-3-4-17-29-25/h3-5,7,9-14,17,19,24H,6,8,15-16,18,20H2,1-2H3,(H,30,31). The maximum atomic E-state index is 12.6. The first-order valence-electron chi connectivity index (χ1n) is 11.5. The number of carbonyl (C=O) groups excluding carboxylic acids is 1. The van der Waals surface area contributed by atoms with E-state index in [1.54, 1.807) is 6.20 Å². The van der Waals surface area contributed by atoms with E-state index in [0.29, 0.717) is 23.5 Å². The third-order valence-electron chi connectivity index (χ3n) is 6.66. The molecule has 1 fully saturated rings. The largest absolute Gasteiger partial charge is 0.493 e. The zero-order valence-electron chi connectivity index (χ0n) is 19.0. The molecular formula is C28H32N2O2. The Morgan fingerprint density at radius 3 is 2.62 bits per heavy atom. The lowest BCUT2D eigenvalue weighted by molar-refractivity contribution is 0.0937. The summed E-state index contributed by atoms with van der Waals surface area (Å²) in [6.45, 7) is 5.95. The highest BCUT2D eigenvalue weighted by molar-refractivity contribution is 5.94. The molecule has 4 nitrogen and oxygen atoms in total. The van der Waals surface area contributed by atoms with E-state index < -0.39 is 0 Å². The van der Waals surface area contributed by atoms with Gasteiger partial charge in [0.15, 0.2) is 0 Å². The highest BCUT2D eigenvalue weighted by Gasteiger charge is 2.34. The number of hydrogen-bond acceptors (Lipinski definition) is 3. The second-order valence-electron chi connectivity index (χ2n) is 9.31. The van der Waals surface area contributed by atoms with Gasteiger partial charge in [0, 0.05) is 30.4 Å². The Bertz CT molecular complexity index is 1030. The van der Waals surface area contributed by atoms with Crippen molar-refractivity contribution in [1.29, 1.82) is 0 Å². The van der Waals surface area contributed by atoms with Crippen molar-refractivity contribution >= 4 is 5.91 Å². The van der Waals surface area contributed by atoms with Gasteiger partial charge in [-0.15, -0.1) is 0 Å². The summed E-state index contributed by atoms with van der Waals surface area (Å²) in [5.74, 6) is 1.40. The van der Waals surface area contributed by atoms with Gasteiger partial charge in [0.25, 0.3) is 5.91 Å². The summed E-state index contributed by atoms with van der Waals surface area (Å²) in [6, 6.07) is 21.8. The number of pyridine rings is 1. The molecule has 1 N–H and O–H groups in total. The molecule has 0 spiro atoms. The molecule has 1 atom stereocenters. The summed E-state index contributed by atoms with van der Waals surface area (Å²) in [6.07, 6.45) is 6.27. The molecule has 32 heavy (non-hydrogen) atoms. The van der Waals surface area contributed by atoms with Crippen LogP contribution in [0.15, 0.2) is 72.9 Å². The number of carbonyl (C=O) groups is 1. The van der Waals surface area contributed by atoms with Crippen molar-refractivity contribution in [3.8, 4) is 16.9 Å². The predicted octanol–water partition coefficient (Wildman–Crippen LogP) is 5.93. The SMILES string of the molecule is CC1(C)CCCC1CNC(=O)c1ccc(-c2cccc(OCCc3ccccn3)c2)cc1. The summed E-state index contributed by atoms with van der Waals surface area (Å²) in [4.78, 5) is 16.9. The van der Waals surface area contributed by atoms with Crippen LogP contribution in [0.25, 0.3) is 11.1 Å². The average Bonchev–Trinajstić information content (AvgIpc) is 3.16. The molecular weight excluding hydrogens is 396 g/mol. The number of nitrogens with one attached hydrogen (secondary N) is 1. The summed E-state index contributed by atoms with van der Waals surface area (Å²) in [7, 11) is 0. The highest BCUT2D eigenvalue weighted by Crippen LogP contribution is 2.42. The topological polar surface area (TPSA) is 51.2 Å². The number of amides is 1. The lowest BCUT2D eigenvalue weighted by atomic mass is 9.82. The van der Waals surface area contributed by atoms with Gasteiger partial charge in [-0.05, 0) is 71.7 Å². The molecule has 166 valence electrons. The van der Waals surface area contributed by atoms with Gasteiger partial charge in [0.05, 0.1) is 6.61 Å². The second kappa shape index (κ2) is 9.99. The van der Waals surface area contributed by atoms with Crippen LogP contribution in [-0.4, -0.2) is 24.0 Å². The zero-order chi connectivity index (χ0) is 22.4. The Hall–Kier alpha value is -3.14. The molecule has 1 aliphatic rings. The van der Waals surface area contributed by atoms with Gasteiger partial charge in [-0.25, -0.2) is 0 Å². The molecule has 1 aliphatic carbocycles. The molecule has 2 aromatic carbocycles. The summed E-state index contributed by atoms with van der Waals surface area (Å²) in [5, 5.41) is 3.14. The minimum absolute atomic E-state index is 0.00542. The van der Waals surface area contributed by atoms with Gasteiger partial charge in [0.2, 0.25) is 0 Å². The van der Waals surface area contributed by atoms with Crippen LogP contribution in [0.3, 0.4) is 0 Å². The van der Waals surface area contributed by atoms with Gasteiger partial charge in [0.1, 0.15) is 5.75 Å². The summed E-state index contributed by atoms with van der Waals surface area (Å²) >= 11 is 0. The Balaban J connectivity index is 1.33. The molecule has 4 heteroatoms. The van der Waals surface area contributed by atoms with Crippen LogP contribution in [0.5, 0.6) is 5.75 Å². The van der Waals surface area contributed by atoms with E-state index in [1.807, 2.05) is 60.7 Å². The third kappa shape index (κ3) is 5.56. The number of aromatic nitrogens is 1. The highest BCUT2D eigenvalue weighted by atomic mass is 16.5. The van der Waals surface area contributed by atoms with Gasteiger partial charge >= 0.3 is 0 Å². The minimum Gasteiger partial charge on any atom is -0.493 e. The van der Waals surface area contributed by atoms with Crippen molar-refractivity contribution in [2.75, 3.05) is 13.2 Å². The Morgan fingerprint density at radius 2 is 1.91 bits per heavy atom. The van der Waals surface area contributed by atoms with E-state index >= 15 is 0 Å². The lowest BCUT2D eigenvalue weighted by Gasteiger charge is -2.27. The predicted molar refractivity (Wildman–Crippen MR) is 129 cm³/mol. The van der Waals surface area contributed by atoms with Crippen LogP contribution < -0.4 is 10.1 Å². The Kier molecular flexibility index (Phi) is 6.89. The number of ether oxygens (including phenoxy) is 1. The molecule has 1 unspecified atom stereocenters. The van der Waals surface area contributed by atoms with Crippen molar-refractivity contribution < 1.29 is 9.53 Å². The summed E-state index contributed by atoms with van der Waals surface area (Å²) in [5.41, 5.74) is 4.18. The fraction of sp³-hybridized carbons (Fsp3) is 0.357. The average molecular weight is 429 g/mol. The van der Waals surface area contributed by atoms with Crippen LogP contribution in [-0.2, 0) is 6.42 Å². The molecule has 1 amide bonds. The van der Waals surface area contributed by atoms with Crippen LogP contribution in [0.4, 0.5) is 0 Å². The molecule has 1 heterocycles.